The first-order chi connectivity index (χ1) is 12.6. The van der Waals surface area contributed by atoms with E-state index in [1.165, 1.54) is 35.2 Å². The molecule has 0 aliphatic rings. The van der Waals surface area contributed by atoms with Crippen LogP contribution in [0.5, 0.6) is 0 Å². The fraction of sp³-hybridized carbons (Fsp3) is 0.312. The molecule has 0 saturated heterocycles. The van der Waals surface area contributed by atoms with Gasteiger partial charge in [-0.05, 0) is 18.6 Å². The van der Waals surface area contributed by atoms with Gasteiger partial charge in [-0.3, -0.25) is 10.1 Å². The number of amides is 1. The highest BCUT2D eigenvalue weighted by atomic mass is 32.2. The first-order valence-corrected chi connectivity index (χ1v) is 9.77. The van der Waals surface area contributed by atoms with Crippen molar-refractivity contribution in [1.29, 1.82) is 0 Å². The van der Waals surface area contributed by atoms with Gasteiger partial charge in [0.15, 0.2) is 11.0 Å². The summed E-state index contributed by atoms with van der Waals surface area (Å²) in [5.74, 6) is 0.182. The number of thioether (sulfide) groups is 1. The van der Waals surface area contributed by atoms with Crippen LogP contribution in [0.4, 0.5) is 9.52 Å². The standard InChI is InChI=1S/C16H17FN6OS2/c1-3-5-13-19-21-15(26-13)18-12(24)9-25-16-22-20-14(23(16)2)10-6-4-7-11(17)8-10/h4,6-8H,3,5,9H2,1-2H3,(H,18,21,24). The van der Waals surface area contributed by atoms with Crippen LogP contribution in [-0.4, -0.2) is 36.6 Å². The Labute approximate surface area is 158 Å². The summed E-state index contributed by atoms with van der Waals surface area (Å²) in [5, 5.41) is 20.9. The third-order valence-corrected chi connectivity index (χ3v) is 5.35. The molecule has 0 aliphatic carbocycles. The van der Waals surface area contributed by atoms with Gasteiger partial charge in [0.25, 0.3) is 0 Å². The maximum atomic E-state index is 13.4. The molecule has 7 nitrogen and oxygen atoms in total. The van der Waals surface area contributed by atoms with Crippen molar-refractivity contribution < 1.29 is 9.18 Å². The molecule has 2 heterocycles. The van der Waals surface area contributed by atoms with Gasteiger partial charge < -0.3 is 4.57 Å². The van der Waals surface area contributed by atoms with E-state index in [9.17, 15) is 9.18 Å². The van der Waals surface area contributed by atoms with Crippen molar-refractivity contribution in [2.45, 2.75) is 24.9 Å². The van der Waals surface area contributed by atoms with Crippen LogP contribution in [0.1, 0.15) is 18.4 Å². The Bertz CT molecular complexity index is 910. The van der Waals surface area contributed by atoms with E-state index < -0.39 is 0 Å². The van der Waals surface area contributed by atoms with E-state index in [0.717, 1.165) is 17.8 Å². The van der Waals surface area contributed by atoms with Gasteiger partial charge in [-0.1, -0.05) is 42.2 Å². The molecule has 3 rings (SSSR count). The van der Waals surface area contributed by atoms with Crippen molar-refractivity contribution in [3.63, 3.8) is 0 Å². The first-order valence-electron chi connectivity index (χ1n) is 7.97. The molecule has 0 bridgehead atoms. The molecule has 1 N–H and O–H groups in total. The van der Waals surface area contributed by atoms with Crippen LogP contribution in [0.15, 0.2) is 29.4 Å². The number of halogens is 1. The zero-order valence-electron chi connectivity index (χ0n) is 14.3. The largest absolute Gasteiger partial charge is 0.305 e. The number of carbonyl (C=O) groups excluding carboxylic acids is 1. The molecule has 136 valence electrons. The van der Waals surface area contributed by atoms with Crippen LogP contribution >= 0.6 is 23.1 Å². The number of hydrogen-bond acceptors (Lipinski definition) is 7. The SMILES string of the molecule is CCCc1nnc(NC(=O)CSc2nnc(-c3cccc(F)c3)n2C)s1. The summed E-state index contributed by atoms with van der Waals surface area (Å²) in [4.78, 5) is 12.1. The monoisotopic (exact) mass is 392 g/mol. The predicted octanol–water partition coefficient (Wildman–Crippen LogP) is 3.16. The Hall–Kier alpha value is -2.33. The van der Waals surface area contributed by atoms with Crippen molar-refractivity contribution in [2.75, 3.05) is 11.1 Å². The number of aryl methyl sites for hydroxylation is 1. The Balaban J connectivity index is 1.60. The van der Waals surface area contributed by atoms with Gasteiger partial charge >= 0.3 is 0 Å². The number of anilines is 1. The fourth-order valence-electron chi connectivity index (χ4n) is 2.22. The summed E-state index contributed by atoms with van der Waals surface area (Å²) in [6.45, 7) is 2.06. The number of hydrogen-bond donors (Lipinski definition) is 1. The van der Waals surface area contributed by atoms with Gasteiger partial charge in [-0.15, -0.1) is 20.4 Å². The Morgan fingerprint density at radius 2 is 2.15 bits per heavy atom. The number of aromatic nitrogens is 5. The number of carbonyl (C=O) groups is 1. The smallest absolute Gasteiger partial charge is 0.236 e. The van der Waals surface area contributed by atoms with Crippen LogP contribution < -0.4 is 5.32 Å². The van der Waals surface area contributed by atoms with Gasteiger partial charge in [-0.25, -0.2) is 4.39 Å². The van der Waals surface area contributed by atoms with E-state index in [1.54, 1.807) is 23.7 Å². The van der Waals surface area contributed by atoms with E-state index >= 15 is 0 Å². The quantitative estimate of drug-likeness (QED) is 0.622. The first kappa shape index (κ1) is 18.5. The summed E-state index contributed by atoms with van der Waals surface area (Å²) in [6, 6.07) is 6.15. The number of rotatable bonds is 7. The van der Waals surface area contributed by atoms with Crippen molar-refractivity contribution in [2.24, 2.45) is 7.05 Å². The Kier molecular flexibility index (Phi) is 5.94. The minimum Gasteiger partial charge on any atom is -0.305 e. The maximum absolute atomic E-state index is 13.4. The van der Waals surface area contributed by atoms with Crippen molar-refractivity contribution >= 4 is 34.1 Å². The molecule has 0 atom stereocenters. The van der Waals surface area contributed by atoms with Crippen LogP contribution in [0, 0.1) is 5.82 Å². The second-order valence-corrected chi connectivity index (χ2v) is 7.47. The lowest BCUT2D eigenvalue weighted by Crippen LogP contribution is -2.14. The minimum atomic E-state index is -0.335. The molecule has 10 heteroatoms. The van der Waals surface area contributed by atoms with Crippen LogP contribution in [0.2, 0.25) is 0 Å². The molecule has 3 aromatic rings. The van der Waals surface area contributed by atoms with Crippen molar-refractivity contribution in [3.05, 3.63) is 35.1 Å². The summed E-state index contributed by atoms with van der Waals surface area (Å²) >= 11 is 2.63. The molecule has 2 aromatic heterocycles. The average molecular weight is 392 g/mol. The second-order valence-electron chi connectivity index (χ2n) is 5.46. The van der Waals surface area contributed by atoms with E-state index in [2.05, 4.69) is 32.6 Å². The van der Waals surface area contributed by atoms with Gasteiger partial charge in [0.1, 0.15) is 10.8 Å². The zero-order chi connectivity index (χ0) is 18.5. The average Bonchev–Trinajstić information content (AvgIpc) is 3.20. The topological polar surface area (TPSA) is 85.6 Å². The van der Waals surface area contributed by atoms with Crippen molar-refractivity contribution in [1.82, 2.24) is 25.0 Å². The van der Waals surface area contributed by atoms with E-state index in [4.69, 9.17) is 0 Å². The number of nitrogens with zero attached hydrogens (tertiary/aromatic N) is 5. The molecule has 0 saturated carbocycles. The maximum Gasteiger partial charge on any atom is 0.236 e. The van der Waals surface area contributed by atoms with E-state index in [1.807, 2.05) is 0 Å². The molecule has 0 unspecified atom stereocenters. The van der Waals surface area contributed by atoms with E-state index in [0.29, 0.717) is 21.7 Å². The molecule has 1 aromatic carbocycles. The van der Waals surface area contributed by atoms with Crippen LogP contribution in [-0.2, 0) is 18.3 Å². The summed E-state index contributed by atoms with van der Waals surface area (Å²) in [6.07, 6.45) is 1.84. The Morgan fingerprint density at radius 3 is 2.92 bits per heavy atom. The summed E-state index contributed by atoms with van der Waals surface area (Å²) in [7, 11) is 1.78. The van der Waals surface area contributed by atoms with Gasteiger partial charge in [0.2, 0.25) is 11.0 Å². The third-order valence-electron chi connectivity index (χ3n) is 3.43. The van der Waals surface area contributed by atoms with Crippen LogP contribution in [0.25, 0.3) is 11.4 Å². The molecule has 0 aliphatic heterocycles. The molecule has 0 fully saturated rings. The van der Waals surface area contributed by atoms with Gasteiger partial charge in [0.05, 0.1) is 5.75 Å². The minimum absolute atomic E-state index is 0.164. The molecule has 0 spiro atoms. The highest BCUT2D eigenvalue weighted by Gasteiger charge is 2.14. The van der Waals surface area contributed by atoms with Crippen molar-refractivity contribution in [3.8, 4) is 11.4 Å². The normalized spacial score (nSPS) is 10.9. The zero-order valence-corrected chi connectivity index (χ0v) is 15.9. The summed E-state index contributed by atoms with van der Waals surface area (Å²) < 4.78 is 15.1. The highest BCUT2D eigenvalue weighted by molar-refractivity contribution is 7.99. The fourth-order valence-corrected chi connectivity index (χ4v) is 3.79. The third kappa shape index (κ3) is 4.44. The number of benzene rings is 1. The van der Waals surface area contributed by atoms with E-state index in [-0.39, 0.29) is 17.5 Å². The molecular formula is C16H17FN6OS2. The lowest BCUT2D eigenvalue weighted by atomic mass is 10.2. The lowest BCUT2D eigenvalue weighted by Gasteiger charge is -2.04. The number of nitrogens with one attached hydrogen (secondary N) is 1. The van der Waals surface area contributed by atoms with Gasteiger partial charge in [-0.2, -0.15) is 0 Å². The molecule has 1 amide bonds. The lowest BCUT2D eigenvalue weighted by molar-refractivity contribution is -0.113. The second kappa shape index (κ2) is 8.37. The Morgan fingerprint density at radius 1 is 1.31 bits per heavy atom. The predicted molar refractivity (Wildman–Crippen MR) is 99.7 cm³/mol. The summed E-state index contributed by atoms with van der Waals surface area (Å²) in [5.41, 5.74) is 0.633. The molecule has 0 radical (unpaired) electrons. The highest BCUT2D eigenvalue weighted by Crippen LogP contribution is 2.23. The molecular weight excluding hydrogens is 375 g/mol. The van der Waals surface area contributed by atoms with Gasteiger partial charge in [0, 0.05) is 19.0 Å². The molecule has 26 heavy (non-hydrogen) atoms. The van der Waals surface area contributed by atoms with Crippen LogP contribution in [0.3, 0.4) is 0 Å².